The fraction of sp³-hybridized carbons (Fsp3) is 0.478. The standard InChI is InChI=1S/C23H29NO4S/c1-5-18(28-16-12-14(3)11-15(4)13-16)21(25)24-22-20(23(26)27-6-2)17-9-7-8-10-19(17)29-22/h11-13,18H,5-10H2,1-4H3,(H,24,25)/t18-/m1/s1. The van der Waals surface area contributed by atoms with Crippen molar-refractivity contribution in [2.75, 3.05) is 11.9 Å². The van der Waals surface area contributed by atoms with E-state index in [2.05, 4.69) is 11.4 Å². The summed E-state index contributed by atoms with van der Waals surface area (Å²) in [7, 11) is 0. The van der Waals surface area contributed by atoms with E-state index in [0.717, 1.165) is 42.4 Å². The molecule has 1 aliphatic rings. The van der Waals surface area contributed by atoms with Gasteiger partial charge in [-0.2, -0.15) is 0 Å². The van der Waals surface area contributed by atoms with Gasteiger partial charge in [0.25, 0.3) is 5.91 Å². The Balaban J connectivity index is 1.83. The number of fused-ring (bicyclic) bond motifs is 1. The van der Waals surface area contributed by atoms with E-state index in [0.29, 0.717) is 29.3 Å². The highest BCUT2D eigenvalue weighted by molar-refractivity contribution is 7.17. The number of carbonyl (C=O) groups is 2. The molecule has 156 valence electrons. The van der Waals surface area contributed by atoms with Crippen LogP contribution in [0.4, 0.5) is 5.00 Å². The van der Waals surface area contributed by atoms with Gasteiger partial charge < -0.3 is 14.8 Å². The number of carbonyl (C=O) groups excluding carboxylic acids is 2. The summed E-state index contributed by atoms with van der Waals surface area (Å²) >= 11 is 1.50. The Kier molecular flexibility index (Phi) is 6.96. The van der Waals surface area contributed by atoms with Gasteiger partial charge in [-0.05, 0) is 81.7 Å². The van der Waals surface area contributed by atoms with Crippen molar-refractivity contribution in [3.63, 3.8) is 0 Å². The molecule has 0 aliphatic heterocycles. The third-order valence-electron chi connectivity index (χ3n) is 5.02. The van der Waals surface area contributed by atoms with Gasteiger partial charge in [-0.15, -0.1) is 11.3 Å². The molecule has 1 atom stereocenters. The van der Waals surface area contributed by atoms with Crippen molar-refractivity contribution in [2.45, 2.75) is 65.9 Å². The molecule has 0 saturated carbocycles. The molecule has 29 heavy (non-hydrogen) atoms. The molecular weight excluding hydrogens is 386 g/mol. The number of esters is 1. The third kappa shape index (κ3) is 4.99. The first kappa shape index (κ1) is 21.4. The van der Waals surface area contributed by atoms with Gasteiger partial charge in [-0.25, -0.2) is 4.79 Å². The van der Waals surface area contributed by atoms with Crippen LogP contribution in [0.5, 0.6) is 5.75 Å². The summed E-state index contributed by atoms with van der Waals surface area (Å²) in [6, 6.07) is 5.92. The van der Waals surface area contributed by atoms with Gasteiger partial charge in [0.15, 0.2) is 6.10 Å². The average Bonchev–Trinajstić information content (AvgIpc) is 3.03. The maximum absolute atomic E-state index is 13.0. The van der Waals surface area contributed by atoms with Crippen LogP contribution in [0.1, 0.15) is 65.0 Å². The van der Waals surface area contributed by atoms with E-state index < -0.39 is 6.10 Å². The molecule has 1 N–H and O–H groups in total. The molecule has 1 aliphatic carbocycles. The Morgan fingerprint density at radius 2 is 1.79 bits per heavy atom. The van der Waals surface area contributed by atoms with Crippen LogP contribution in [0.3, 0.4) is 0 Å². The highest BCUT2D eigenvalue weighted by atomic mass is 32.1. The predicted octanol–water partition coefficient (Wildman–Crippen LogP) is 5.22. The van der Waals surface area contributed by atoms with Crippen LogP contribution in [-0.2, 0) is 22.4 Å². The summed E-state index contributed by atoms with van der Waals surface area (Å²) in [5.41, 5.74) is 3.75. The molecule has 1 aromatic carbocycles. The number of hydrogen-bond acceptors (Lipinski definition) is 5. The molecule has 0 radical (unpaired) electrons. The van der Waals surface area contributed by atoms with E-state index in [9.17, 15) is 9.59 Å². The molecule has 5 nitrogen and oxygen atoms in total. The molecule has 1 heterocycles. The van der Waals surface area contributed by atoms with Crippen LogP contribution in [0.15, 0.2) is 18.2 Å². The lowest BCUT2D eigenvalue weighted by atomic mass is 9.95. The van der Waals surface area contributed by atoms with Crippen LogP contribution in [0.25, 0.3) is 0 Å². The molecule has 1 aromatic heterocycles. The molecule has 1 amide bonds. The number of aryl methyl sites for hydroxylation is 3. The second-order valence-electron chi connectivity index (χ2n) is 7.46. The van der Waals surface area contributed by atoms with E-state index >= 15 is 0 Å². The van der Waals surface area contributed by atoms with Gasteiger partial charge in [0.1, 0.15) is 10.8 Å². The van der Waals surface area contributed by atoms with Gasteiger partial charge >= 0.3 is 5.97 Å². The van der Waals surface area contributed by atoms with Crippen LogP contribution < -0.4 is 10.1 Å². The fourth-order valence-electron chi connectivity index (χ4n) is 3.75. The smallest absolute Gasteiger partial charge is 0.341 e. The van der Waals surface area contributed by atoms with Gasteiger partial charge in [-0.3, -0.25) is 4.79 Å². The average molecular weight is 416 g/mol. The lowest BCUT2D eigenvalue weighted by molar-refractivity contribution is -0.122. The Morgan fingerprint density at radius 1 is 1.10 bits per heavy atom. The Hall–Kier alpha value is -2.34. The van der Waals surface area contributed by atoms with Crippen molar-refractivity contribution in [3.8, 4) is 5.75 Å². The highest BCUT2D eigenvalue weighted by Gasteiger charge is 2.29. The number of anilines is 1. The first-order chi connectivity index (χ1) is 13.9. The minimum atomic E-state index is -0.634. The number of hydrogen-bond donors (Lipinski definition) is 1. The highest BCUT2D eigenvalue weighted by Crippen LogP contribution is 2.38. The minimum absolute atomic E-state index is 0.240. The van der Waals surface area contributed by atoms with Crippen LogP contribution in [-0.4, -0.2) is 24.6 Å². The third-order valence-corrected chi connectivity index (χ3v) is 6.23. The number of benzene rings is 1. The molecular formula is C23H29NO4S. The number of nitrogens with one attached hydrogen (secondary N) is 1. The van der Waals surface area contributed by atoms with Crippen molar-refractivity contribution < 1.29 is 19.1 Å². The zero-order chi connectivity index (χ0) is 21.0. The van der Waals surface area contributed by atoms with Gasteiger partial charge in [0.2, 0.25) is 0 Å². The molecule has 0 unspecified atom stereocenters. The normalized spacial score (nSPS) is 14.1. The molecule has 0 fully saturated rings. The monoisotopic (exact) mass is 415 g/mol. The Morgan fingerprint density at radius 3 is 2.45 bits per heavy atom. The SMILES string of the molecule is CCOC(=O)c1c(NC(=O)[C@@H](CC)Oc2cc(C)cc(C)c2)sc2c1CCCC2. The fourth-order valence-corrected chi connectivity index (χ4v) is 5.03. The van der Waals surface area contributed by atoms with Crippen molar-refractivity contribution in [1.29, 1.82) is 0 Å². The predicted molar refractivity (Wildman–Crippen MR) is 116 cm³/mol. The van der Waals surface area contributed by atoms with Crippen molar-refractivity contribution in [3.05, 3.63) is 45.3 Å². The lowest BCUT2D eigenvalue weighted by Gasteiger charge is -2.18. The maximum Gasteiger partial charge on any atom is 0.341 e. The molecule has 0 spiro atoms. The zero-order valence-electron chi connectivity index (χ0n) is 17.6. The second-order valence-corrected chi connectivity index (χ2v) is 8.57. The van der Waals surface area contributed by atoms with Crippen molar-refractivity contribution in [1.82, 2.24) is 0 Å². The second kappa shape index (κ2) is 9.44. The van der Waals surface area contributed by atoms with Crippen molar-refractivity contribution >= 4 is 28.2 Å². The summed E-state index contributed by atoms with van der Waals surface area (Å²) in [5.74, 6) is 0.0851. The van der Waals surface area contributed by atoms with E-state index in [1.807, 2.05) is 32.9 Å². The molecule has 0 bridgehead atoms. The first-order valence-electron chi connectivity index (χ1n) is 10.3. The minimum Gasteiger partial charge on any atom is -0.481 e. The summed E-state index contributed by atoms with van der Waals surface area (Å²) < 4.78 is 11.3. The zero-order valence-corrected chi connectivity index (χ0v) is 18.4. The summed E-state index contributed by atoms with van der Waals surface area (Å²) in [5, 5.41) is 3.55. The largest absolute Gasteiger partial charge is 0.481 e. The number of amides is 1. The molecule has 6 heteroatoms. The molecule has 2 aromatic rings. The Labute approximate surface area is 176 Å². The molecule has 3 rings (SSSR count). The quantitative estimate of drug-likeness (QED) is 0.630. The van der Waals surface area contributed by atoms with E-state index in [1.54, 1.807) is 6.92 Å². The number of thiophene rings is 1. The van der Waals surface area contributed by atoms with Gasteiger partial charge in [0.05, 0.1) is 12.2 Å². The van der Waals surface area contributed by atoms with Gasteiger partial charge in [-0.1, -0.05) is 13.0 Å². The Bertz CT molecular complexity index is 882. The van der Waals surface area contributed by atoms with E-state index in [-0.39, 0.29) is 11.9 Å². The van der Waals surface area contributed by atoms with E-state index in [4.69, 9.17) is 9.47 Å². The topological polar surface area (TPSA) is 64.6 Å². The lowest BCUT2D eigenvalue weighted by Crippen LogP contribution is -2.32. The van der Waals surface area contributed by atoms with Gasteiger partial charge in [0, 0.05) is 4.88 Å². The summed E-state index contributed by atoms with van der Waals surface area (Å²) in [4.78, 5) is 26.7. The van der Waals surface area contributed by atoms with Crippen LogP contribution in [0, 0.1) is 13.8 Å². The maximum atomic E-state index is 13.0. The summed E-state index contributed by atoms with van der Waals surface area (Å²) in [6.07, 6.45) is 3.85. The van der Waals surface area contributed by atoms with Crippen LogP contribution in [0.2, 0.25) is 0 Å². The first-order valence-corrected chi connectivity index (χ1v) is 11.1. The number of rotatable bonds is 7. The number of ether oxygens (including phenoxy) is 2. The summed E-state index contributed by atoms with van der Waals surface area (Å²) in [6.45, 7) is 8.02. The van der Waals surface area contributed by atoms with Crippen LogP contribution >= 0.6 is 11.3 Å². The molecule has 0 saturated heterocycles. The van der Waals surface area contributed by atoms with E-state index in [1.165, 1.54) is 16.2 Å². The van der Waals surface area contributed by atoms with Crippen molar-refractivity contribution in [2.24, 2.45) is 0 Å².